The smallest absolute Gasteiger partial charge is 0.129 e. The lowest BCUT2D eigenvalue weighted by Gasteiger charge is -2.35. The minimum atomic E-state index is 0.0989. The highest BCUT2D eigenvalue weighted by molar-refractivity contribution is 5.95. The molecule has 0 spiro atoms. The maximum atomic E-state index is 7.46. The van der Waals surface area contributed by atoms with Crippen LogP contribution >= 0.6 is 0 Å². The van der Waals surface area contributed by atoms with Crippen molar-refractivity contribution >= 4 is 11.7 Å². The zero-order valence-corrected chi connectivity index (χ0v) is 11.1. The first-order chi connectivity index (χ1) is 8.58. The Bertz CT molecular complexity index is 421. The first-order valence-corrected chi connectivity index (χ1v) is 6.30. The number of nitrogens with two attached hydrogens (primary N) is 1. The quantitative estimate of drug-likeness (QED) is 0.615. The van der Waals surface area contributed by atoms with Gasteiger partial charge in [-0.2, -0.15) is 0 Å². The van der Waals surface area contributed by atoms with Crippen LogP contribution in [0.15, 0.2) is 18.3 Å². The zero-order valence-electron chi connectivity index (χ0n) is 11.1. The molecular formula is C13H21N5. The van der Waals surface area contributed by atoms with Crippen LogP contribution in [0.5, 0.6) is 0 Å². The fraction of sp³-hybridized carbons (Fsp3) is 0.538. The monoisotopic (exact) mass is 247 g/mol. The lowest BCUT2D eigenvalue weighted by Crippen LogP contribution is -2.42. The number of piperidine rings is 1. The maximum Gasteiger partial charge on any atom is 0.129 e. The van der Waals surface area contributed by atoms with Crippen LogP contribution in [0.4, 0.5) is 5.82 Å². The molecule has 2 rings (SSSR count). The molecule has 1 aliphatic rings. The summed E-state index contributed by atoms with van der Waals surface area (Å²) in [5, 5.41) is 7.46. The van der Waals surface area contributed by atoms with Gasteiger partial charge in [-0.1, -0.05) is 0 Å². The molecule has 0 amide bonds. The van der Waals surface area contributed by atoms with E-state index in [4.69, 9.17) is 11.1 Å². The van der Waals surface area contributed by atoms with Gasteiger partial charge < -0.3 is 15.5 Å². The van der Waals surface area contributed by atoms with Crippen molar-refractivity contribution in [3.05, 3.63) is 23.9 Å². The average molecular weight is 247 g/mol. The molecule has 3 N–H and O–H groups in total. The number of anilines is 1. The molecule has 2 heterocycles. The van der Waals surface area contributed by atoms with Gasteiger partial charge in [0.05, 0.1) is 0 Å². The van der Waals surface area contributed by atoms with Crippen molar-refractivity contribution in [2.75, 3.05) is 32.1 Å². The minimum Gasteiger partial charge on any atom is -0.384 e. The predicted molar refractivity (Wildman–Crippen MR) is 74.2 cm³/mol. The highest BCUT2D eigenvalue weighted by atomic mass is 15.2. The molecule has 1 fully saturated rings. The second kappa shape index (κ2) is 5.35. The van der Waals surface area contributed by atoms with Crippen LogP contribution in [0, 0.1) is 5.41 Å². The van der Waals surface area contributed by atoms with Crippen LogP contribution < -0.4 is 10.6 Å². The Morgan fingerprint density at radius 2 is 2.11 bits per heavy atom. The lowest BCUT2D eigenvalue weighted by molar-refractivity contribution is 0.249. The second-order valence-electron chi connectivity index (χ2n) is 5.00. The summed E-state index contributed by atoms with van der Waals surface area (Å²) in [6.07, 6.45) is 4.03. The lowest BCUT2D eigenvalue weighted by atomic mass is 10.0. The summed E-state index contributed by atoms with van der Waals surface area (Å²) in [6, 6.07) is 4.34. The normalized spacial score (nSPS) is 17.2. The van der Waals surface area contributed by atoms with Crippen molar-refractivity contribution in [2.45, 2.75) is 18.9 Å². The molecule has 0 atom stereocenters. The highest BCUT2D eigenvalue weighted by Crippen LogP contribution is 2.20. The number of aromatic nitrogens is 1. The van der Waals surface area contributed by atoms with E-state index >= 15 is 0 Å². The van der Waals surface area contributed by atoms with E-state index in [1.54, 1.807) is 12.3 Å². The van der Waals surface area contributed by atoms with Gasteiger partial charge in [0.25, 0.3) is 0 Å². The fourth-order valence-electron chi connectivity index (χ4n) is 2.37. The Hall–Kier alpha value is -1.62. The molecule has 0 saturated carbocycles. The molecule has 0 bridgehead atoms. The molecule has 1 aromatic heterocycles. The van der Waals surface area contributed by atoms with Crippen LogP contribution in [-0.4, -0.2) is 48.9 Å². The molecule has 1 aliphatic heterocycles. The summed E-state index contributed by atoms with van der Waals surface area (Å²) in [5.41, 5.74) is 6.25. The Morgan fingerprint density at radius 3 is 2.67 bits per heavy atom. The van der Waals surface area contributed by atoms with Gasteiger partial charge in [0.15, 0.2) is 0 Å². The molecule has 1 aromatic rings. The number of pyridine rings is 1. The molecular weight excluding hydrogens is 226 g/mol. The largest absolute Gasteiger partial charge is 0.384 e. The van der Waals surface area contributed by atoms with E-state index in [-0.39, 0.29) is 5.84 Å². The van der Waals surface area contributed by atoms with Gasteiger partial charge in [0, 0.05) is 30.9 Å². The first kappa shape index (κ1) is 12.8. The number of nitrogen functional groups attached to an aromatic ring is 1. The number of hydrogen-bond acceptors (Lipinski definition) is 4. The highest BCUT2D eigenvalue weighted by Gasteiger charge is 2.21. The Morgan fingerprint density at radius 1 is 1.44 bits per heavy atom. The standard InChI is InChI=1S/C13H21N5/c1-17(2)11-4-7-18(8-5-11)12-9-10(13(14)15)3-6-16-12/h3,6,9,11H,4-5,7-8H2,1-2H3,(H3,14,15). The Kier molecular flexibility index (Phi) is 3.81. The number of hydrogen-bond donors (Lipinski definition) is 2. The van der Waals surface area contributed by atoms with Gasteiger partial charge in [-0.15, -0.1) is 0 Å². The molecule has 0 aliphatic carbocycles. The Labute approximate surface area is 108 Å². The van der Waals surface area contributed by atoms with Crippen LogP contribution in [0.3, 0.4) is 0 Å². The van der Waals surface area contributed by atoms with Crippen molar-refractivity contribution in [2.24, 2.45) is 5.73 Å². The number of nitrogens with zero attached hydrogens (tertiary/aromatic N) is 3. The summed E-state index contributed by atoms with van der Waals surface area (Å²) in [5.74, 6) is 1.03. The third-order valence-corrected chi connectivity index (χ3v) is 3.58. The minimum absolute atomic E-state index is 0.0989. The van der Waals surface area contributed by atoms with E-state index in [1.165, 1.54) is 0 Å². The van der Waals surface area contributed by atoms with Crippen molar-refractivity contribution in [1.29, 1.82) is 5.41 Å². The van der Waals surface area contributed by atoms with E-state index in [9.17, 15) is 0 Å². The molecule has 5 heteroatoms. The number of rotatable bonds is 3. The van der Waals surface area contributed by atoms with Crippen molar-refractivity contribution in [1.82, 2.24) is 9.88 Å². The van der Waals surface area contributed by atoms with E-state index in [0.717, 1.165) is 37.3 Å². The number of nitrogens with one attached hydrogen (secondary N) is 1. The average Bonchev–Trinajstić information content (AvgIpc) is 2.39. The maximum absolute atomic E-state index is 7.46. The molecule has 18 heavy (non-hydrogen) atoms. The predicted octanol–water partition coefficient (Wildman–Crippen LogP) is 0.896. The van der Waals surface area contributed by atoms with Crippen molar-refractivity contribution < 1.29 is 0 Å². The third-order valence-electron chi connectivity index (χ3n) is 3.58. The summed E-state index contributed by atoms with van der Waals surface area (Å²) in [4.78, 5) is 8.93. The van der Waals surface area contributed by atoms with E-state index in [1.807, 2.05) is 6.07 Å². The Balaban J connectivity index is 2.05. The van der Waals surface area contributed by atoms with Crippen molar-refractivity contribution in [3.8, 4) is 0 Å². The molecule has 0 unspecified atom stereocenters. The first-order valence-electron chi connectivity index (χ1n) is 6.30. The topological polar surface area (TPSA) is 69.2 Å². The van der Waals surface area contributed by atoms with Gasteiger partial charge in [-0.05, 0) is 39.1 Å². The van der Waals surface area contributed by atoms with Gasteiger partial charge >= 0.3 is 0 Å². The van der Waals surface area contributed by atoms with E-state index < -0.39 is 0 Å². The van der Waals surface area contributed by atoms with Gasteiger partial charge in [-0.3, -0.25) is 5.41 Å². The van der Waals surface area contributed by atoms with Crippen molar-refractivity contribution in [3.63, 3.8) is 0 Å². The van der Waals surface area contributed by atoms with Crippen LogP contribution in [0.1, 0.15) is 18.4 Å². The van der Waals surface area contributed by atoms with E-state index in [0.29, 0.717) is 6.04 Å². The molecule has 0 aromatic carbocycles. The van der Waals surface area contributed by atoms with Crippen LogP contribution in [0.2, 0.25) is 0 Å². The third kappa shape index (κ3) is 2.79. The zero-order chi connectivity index (χ0) is 13.1. The van der Waals surface area contributed by atoms with Gasteiger partial charge in [-0.25, -0.2) is 4.98 Å². The fourth-order valence-corrected chi connectivity index (χ4v) is 2.37. The van der Waals surface area contributed by atoms with E-state index in [2.05, 4.69) is 28.9 Å². The van der Waals surface area contributed by atoms with Crippen LogP contribution in [-0.2, 0) is 0 Å². The summed E-state index contributed by atoms with van der Waals surface area (Å²) in [7, 11) is 4.27. The SMILES string of the molecule is CN(C)C1CCN(c2cc(C(=N)N)ccn2)CC1. The van der Waals surface area contributed by atoms with Crippen LogP contribution in [0.25, 0.3) is 0 Å². The summed E-state index contributed by atoms with van der Waals surface area (Å²) < 4.78 is 0. The van der Waals surface area contributed by atoms with Gasteiger partial charge in [0.1, 0.15) is 11.7 Å². The molecule has 5 nitrogen and oxygen atoms in total. The van der Waals surface area contributed by atoms with Gasteiger partial charge in [0.2, 0.25) is 0 Å². The number of amidine groups is 1. The molecule has 0 radical (unpaired) electrons. The summed E-state index contributed by atoms with van der Waals surface area (Å²) in [6.45, 7) is 2.02. The summed E-state index contributed by atoms with van der Waals surface area (Å²) >= 11 is 0. The molecule has 1 saturated heterocycles. The second-order valence-corrected chi connectivity index (χ2v) is 5.00. The molecule has 98 valence electrons.